The minimum Gasteiger partial charge on any atom is -0.374 e. The number of ether oxygens (including phenoxy) is 2. The van der Waals surface area contributed by atoms with Crippen molar-refractivity contribution in [3.8, 4) is 0 Å². The molecular weight excluding hydrogens is 236 g/mol. The Kier molecular flexibility index (Phi) is 4.84. The van der Waals surface area contributed by atoms with Crippen molar-refractivity contribution in [2.45, 2.75) is 31.5 Å². The van der Waals surface area contributed by atoms with E-state index in [0.717, 1.165) is 19.4 Å². The normalized spacial score (nSPS) is 24.8. The molecule has 1 atom stereocenters. The van der Waals surface area contributed by atoms with Crippen molar-refractivity contribution in [2.75, 3.05) is 19.1 Å². The molecule has 0 radical (unpaired) electrons. The summed E-state index contributed by atoms with van der Waals surface area (Å²) in [5.74, 6) is 0.516. The lowest BCUT2D eigenvalue weighted by Crippen LogP contribution is -2.42. The second-order valence-corrected chi connectivity index (χ2v) is 4.87. The van der Waals surface area contributed by atoms with Gasteiger partial charge in [-0.15, -0.1) is 11.6 Å². The molecule has 0 N–H and O–H groups in total. The molecule has 0 aromatic heterocycles. The van der Waals surface area contributed by atoms with Crippen LogP contribution in [-0.2, 0) is 16.1 Å². The monoisotopic (exact) mass is 254 g/mol. The van der Waals surface area contributed by atoms with E-state index in [0.29, 0.717) is 19.1 Å². The van der Waals surface area contributed by atoms with E-state index in [2.05, 4.69) is 12.1 Å². The van der Waals surface area contributed by atoms with Gasteiger partial charge >= 0.3 is 0 Å². The standard InChI is InChI=1S/C14H19ClO2/c15-11-14(8-4-5-9-17-14)12-16-10-13-6-2-1-3-7-13/h1-3,6-7H,4-5,8-12H2. The van der Waals surface area contributed by atoms with Crippen molar-refractivity contribution in [1.82, 2.24) is 0 Å². The number of hydrogen-bond acceptors (Lipinski definition) is 2. The Morgan fingerprint density at radius 3 is 2.71 bits per heavy atom. The summed E-state index contributed by atoms with van der Waals surface area (Å²) in [5, 5.41) is 0. The van der Waals surface area contributed by atoms with Crippen molar-refractivity contribution in [2.24, 2.45) is 0 Å². The van der Waals surface area contributed by atoms with Crippen molar-refractivity contribution in [1.29, 1.82) is 0 Å². The van der Waals surface area contributed by atoms with E-state index in [-0.39, 0.29) is 5.60 Å². The molecule has 0 saturated carbocycles. The average molecular weight is 255 g/mol. The largest absolute Gasteiger partial charge is 0.374 e. The van der Waals surface area contributed by atoms with Crippen molar-refractivity contribution < 1.29 is 9.47 Å². The third-order valence-electron chi connectivity index (χ3n) is 3.16. The Hall–Kier alpha value is -0.570. The van der Waals surface area contributed by atoms with E-state index in [1.54, 1.807) is 0 Å². The fourth-order valence-corrected chi connectivity index (χ4v) is 2.38. The number of rotatable bonds is 5. The molecule has 0 bridgehead atoms. The van der Waals surface area contributed by atoms with Crippen LogP contribution in [0.2, 0.25) is 0 Å². The third kappa shape index (κ3) is 3.70. The Bertz CT molecular complexity index is 320. The SMILES string of the molecule is ClCC1(COCc2ccccc2)CCCCO1. The highest BCUT2D eigenvalue weighted by Crippen LogP contribution is 2.27. The van der Waals surface area contributed by atoms with Crippen LogP contribution in [0.1, 0.15) is 24.8 Å². The smallest absolute Gasteiger partial charge is 0.105 e. The minimum absolute atomic E-state index is 0.255. The van der Waals surface area contributed by atoms with E-state index in [9.17, 15) is 0 Å². The lowest BCUT2D eigenvalue weighted by molar-refractivity contribution is -0.112. The van der Waals surface area contributed by atoms with Gasteiger partial charge in [0, 0.05) is 6.61 Å². The van der Waals surface area contributed by atoms with E-state index < -0.39 is 0 Å². The number of alkyl halides is 1. The van der Waals surface area contributed by atoms with Crippen LogP contribution in [-0.4, -0.2) is 24.7 Å². The molecule has 3 heteroatoms. The molecule has 1 heterocycles. The van der Waals surface area contributed by atoms with Crippen LogP contribution in [0.4, 0.5) is 0 Å². The van der Waals surface area contributed by atoms with Gasteiger partial charge < -0.3 is 9.47 Å². The van der Waals surface area contributed by atoms with Gasteiger partial charge in [0.25, 0.3) is 0 Å². The van der Waals surface area contributed by atoms with Gasteiger partial charge in [-0.1, -0.05) is 30.3 Å². The lowest BCUT2D eigenvalue weighted by Gasteiger charge is -2.35. The molecule has 1 unspecified atom stereocenters. The van der Waals surface area contributed by atoms with Crippen molar-refractivity contribution >= 4 is 11.6 Å². The van der Waals surface area contributed by atoms with Gasteiger partial charge in [0.1, 0.15) is 5.60 Å². The summed E-state index contributed by atoms with van der Waals surface area (Å²) in [6.07, 6.45) is 3.32. The zero-order valence-corrected chi connectivity index (χ0v) is 10.8. The second kappa shape index (κ2) is 6.39. The van der Waals surface area contributed by atoms with E-state index in [1.165, 1.54) is 12.0 Å². The zero-order chi connectivity index (χ0) is 12.0. The Balaban J connectivity index is 1.80. The van der Waals surface area contributed by atoms with E-state index >= 15 is 0 Å². The molecular formula is C14H19ClO2. The van der Waals surface area contributed by atoms with Gasteiger partial charge in [-0.05, 0) is 24.8 Å². The van der Waals surface area contributed by atoms with Gasteiger partial charge in [0.15, 0.2) is 0 Å². The molecule has 1 aromatic rings. The van der Waals surface area contributed by atoms with E-state index in [4.69, 9.17) is 21.1 Å². The first-order valence-corrected chi connectivity index (χ1v) is 6.70. The highest BCUT2D eigenvalue weighted by molar-refractivity contribution is 6.18. The van der Waals surface area contributed by atoms with Crippen molar-refractivity contribution in [3.63, 3.8) is 0 Å². The molecule has 1 aromatic carbocycles. The number of halogens is 1. The molecule has 1 aliphatic rings. The first kappa shape index (κ1) is 12.9. The highest BCUT2D eigenvalue weighted by Gasteiger charge is 2.32. The first-order valence-electron chi connectivity index (χ1n) is 6.16. The second-order valence-electron chi connectivity index (χ2n) is 4.60. The summed E-state index contributed by atoms with van der Waals surface area (Å²) in [7, 11) is 0. The summed E-state index contributed by atoms with van der Waals surface area (Å²) in [5.41, 5.74) is 0.933. The fourth-order valence-electron chi connectivity index (χ4n) is 2.10. The molecule has 1 saturated heterocycles. The predicted octanol–water partition coefficient (Wildman–Crippen LogP) is 3.38. The Labute approximate surface area is 108 Å². The lowest BCUT2D eigenvalue weighted by atomic mass is 9.97. The highest BCUT2D eigenvalue weighted by atomic mass is 35.5. The maximum Gasteiger partial charge on any atom is 0.105 e. The van der Waals surface area contributed by atoms with Gasteiger partial charge in [-0.3, -0.25) is 0 Å². The Morgan fingerprint density at radius 2 is 2.06 bits per heavy atom. The predicted molar refractivity (Wildman–Crippen MR) is 69.4 cm³/mol. The van der Waals surface area contributed by atoms with Crippen LogP contribution in [0.25, 0.3) is 0 Å². The van der Waals surface area contributed by atoms with Crippen LogP contribution in [0, 0.1) is 0 Å². The van der Waals surface area contributed by atoms with E-state index in [1.807, 2.05) is 18.2 Å². The maximum absolute atomic E-state index is 6.01. The summed E-state index contributed by atoms with van der Waals surface area (Å²) < 4.78 is 11.5. The molecule has 0 aliphatic carbocycles. The quantitative estimate of drug-likeness (QED) is 0.750. The minimum atomic E-state index is -0.255. The van der Waals surface area contributed by atoms with Gasteiger partial charge in [-0.25, -0.2) is 0 Å². The van der Waals surface area contributed by atoms with Crippen LogP contribution in [0.5, 0.6) is 0 Å². The molecule has 0 amide bonds. The van der Waals surface area contributed by atoms with Crippen LogP contribution in [0.15, 0.2) is 30.3 Å². The number of hydrogen-bond donors (Lipinski definition) is 0. The fraction of sp³-hybridized carbons (Fsp3) is 0.571. The molecule has 1 fully saturated rings. The summed E-state index contributed by atoms with van der Waals surface area (Å²) in [4.78, 5) is 0. The molecule has 94 valence electrons. The molecule has 1 aliphatic heterocycles. The first-order chi connectivity index (χ1) is 8.35. The summed E-state index contributed by atoms with van der Waals surface area (Å²) in [6.45, 7) is 2.02. The molecule has 0 spiro atoms. The summed E-state index contributed by atoms with van der Waals surface area (Å²) in [6, 6.07) is 10.2. The van der Waals surface area contributed by atoms with Crippen LogP contribution in [0.3, 0.4) is 0 Å². The summed E-state index contributed by atoms with van der Waals surface area (Å²) >= 11 is 6.01. The molecule has 17 heavy (non-hydrogen) atoms. The average Bonchev–Trinajstić information content (AvgIpc) is 2.41. The Morgan fingerprint density at radius 1 is 1.24 bits per heavy atom. The van der Waals surface area contributed by atoms with Crippen LogP contribution < -0.4 is 0 Å². The van der Waals surface area contributed by atoms with Crippen LogP contribution >= 0.6 is 11.6 Å². The van der Waals surface area contributed by atoms with Gasteiger partial charge in [0.2, 0.25) is 0 Å². The number of benzene rings is 1. The van der Waals surface area contributed by atoms with Gasteiger partial charge in [-0.2, -0.15) is 0 Å². The third-order valence-corrected chi connectivity index (χ3v) is 3.64. The molecule has 2 rings (SSSR count). The molecule has 2 nitrogen and oxygen atoms in total. The van der Waals surface area contributed by atoms with Crippen molar-refractivity contribution in [3.05, 3.63) is 35.9 Å². The van der Waals surface area contributed by atoms with Gasteiger partial charge in [0.05, 0.1) is 19.1 Å². The zero-order valence-electron chi connectivity index (χ0n) is 10.0. The maximum atomic E-state index is 6.01. The topological polar surface area (TPSA) is 18.5 Å².